The molecule has 0 spiro atoms. The maximum Gasteiger partial charge on any atom is 0.214 e. The van der Waals surface area contributed by atoms with Gasteiger partial charge in [-0.15, -0.1) is 5.10 Å². The van der Waals surface area contributed by atoms with Crippen molar-refractivity contribution in [3.63, 3.8) is 0 Å². The van der Waals surface area contributed by atoms with Gasteiger partial charge in [0.2, 0.25) is 5.16 Å². The summed E-state index contributed by atoms with van der Waals surface area (Å²) in [7, 11) is 0. The molecule has 0 aliphatic carbocycles. The van der Waals surface area contributed by atoms with Crippen LogP contribution < -0.4 is 0 Å². The summed E-state index contributed by atoms with van der Waals surface area (Å²) in [6.45, 7) is 4.07. The van der Waals surface area contributed by atoms with Gasteiger partial charge in [0.1, 0.15) is 5.82 Å². The molecular weight excluding hydrogens is 299 g/mol. The molecule has 0 fully saturated rings. The zero-order valence-corrected chi connectivity index (χ0v) is 13.1. The summed E-state index contributed by atoms with van der Waals surface area (Å²) >= 11 is 1.49. The Balaban J connectivity index is 1.87. The highest BCUT2D eigenvalue weighted by Crippen LogP contribution is 2.25. The van der Waals surface area contributed by atoms with Crippen molar-refractivity contribution in [1.29, 1.82) is 0 Å². The Morgan fingerprint density at radius 3 is 2.55 bits per heavy atom. The van der Waals surface area contributed by atoms with Gasteiger partial charge in [-0.3, -0.25) is 0 Å². The van der Waals surface area contributed by atoms with Gasteiger partial charge in [0.15, 0.2) is 0 Å². The summed E-state index contributed by atoms with van der Waals surface area (Å²) in [4.78, 5) is 0. The van der Waals surface area contributed by atoms with E-state index in [1.54, 1.807) is 10.7 Å². The number of tetrazole rings is 1. The molecular formula is C16H15FN4S. The third kappa shape index (κ3) is 3.01. The van der Waals surface area contributed by atoms with Crippen LogP contribution in [-0.4, -0.2) is 20.2 Å². The molecule has 0 aliphatic rings. The Morgan fingerprint density at radius 2 is 1.82 bits per heavy atom. The Morgan fingerprint density at radius 1 is 1.09 bits per heavy atom. The Labute approximate surface area is 132 Å². The molecule has 0 saturated heterocycles. The van der Waals surface area contributed by atoms with Crippen LogP contribution in [0.15, 0.2) is 47.6 Å². The van der Waals surface area contributed by atoms with Gasteiger partial charge in [-0.2, -0.15) is 4.68 Å². The third-order valence-electron chi connectivity index (χ3n) is 3.35. The minimum Gasteiger partial charge on any atom is -0.207 e. The number of hydrogen-bond acceptors (Lipinski definition) is 4. The van der Waals surface area contributed by atoms with Crippen molar-refractivity contribution in [2.24, 2.45) is 0 Å². The number of aromatic nitrogens is 4. The Kier molecular flexibility index (Phi) is 4.20. The predicted molar refractivity (Wildman–Crippen MR) is 84.6 cm³/mol. The van der Waals surface area contributed by atoms with Gasteiger partial charge in [-0.1, -0.05) is 42.1 Å². The van der Waals surface area contributed by atoms with Crippen molar-refractivity contribution in [3.8, 4) is 5.69 Å². The molecule has 6 heteroatoms. The highest BCUT2D eigenvalue weighted by atomic mass is 32.2. The van der Waals surface area contributed by atoms with Crippen LogP contribution in [0.25, 0.3) is 5.69 Å². The number of benzene rings is 2. The normalized spacial score (nSPS) is 10.9. The van der Waals surface area contributed by atoms with Gasteiger partial charge in [0.05, 0.1) is 5.69 Å². The molecule has 0 bridgehead atoms. The summed E-state index contributed by atoms with van der Waals surface area (Å²) < 4.78 is 15.0. The molecule has 1 aromatic heterocycles. The number of aryl methyl sites for hydroxylation is 2. The molecule has 0 saturated carbocycles. The number of para-hydroxylation sites is 1. The molecule has 0 unspecified atom stereocenters. The second-order valence-corrected chi connectivity index (χ2v) is 5.97. The fraction of sp³-hybridized carbons (Fsp3) is 0.188. The summed E-state index contributed by atoms with van der Waals surface area (Å²) in [6.07, 6.45) is 0. The topological polar surface area (TPSA) is 43.6 Å². The van der Waals surface area contributed by atoms with E-state index < -0.39 is 0 Å². The highest BCUT2D eigenvalue weighted by Gasteiger charge is 2.13. The first-order valence-corrected chi connectivity index (χ1v) is 7.86. The first kappa shape index (κ1) is 14.7. The van der Waals surface area contributed by atoms with Gasteiger partial charge >= 0.3 is 0 Å². The molecule has 3 aromatic rings. The minimum atomic E-state index is -0.229. The van der Waals surface area contributed by atoms with E-state index in [1.165, 1.54) is 23.9 Å². The van der Waals surface area contributed by atoms with Gasteiger partial charge < -0.3 is 0 Å². The van der Waals surface area contributed by atoms with Crippen molar-refractivity contribution in [2.45, 2.75) is 24.8 Å². The molecule has 3 rings (SSSR count). The van der Waals surface area contributed by atoms with E-state index in [-0.39, 0.29) is 5.82 Å². The summed E-state index contributed by atoms with van der Waals surface area (Å²) in [5.74, 6) is 0.385. The van der Waals surface area contributed by atoms with Crippen LogP contribution in [0.4, 0.5) is 4.39 Å². The molecule has 112 valence electrons. The minimum absolute atomic E-state index is 0.229. The number of thioether (sulfide) groups is 1. The van der Waals surface area contributed by atoms with Crippen molar-refractivity contribution >= 4 is 11.8 Å². The monoisotopic (exact) mass is 314 g/mol. The van der Waals surface area contributed by atoms with Crippen LogP contribution in [0.2, 0.25) is 0 Å². The lowest BCUT2D eigenvalue weighted by atomic mass is 10.1. The fourth-order valence-corrected chi connectivity index (χ4v) is 3.14. The van der Waals surface area contributed by atoms with E-state index in [0.717, 1.165) is 22.4 Å². The zero-order valence-electron chi connectivity index (χ0n) is 12.3. The maximum absolute atomic E-state index is 13.2. The van der Waals surface area contributed by atoms with Crippen molar-refractivity contribution in [2.75, 3.05) is 0 Å². The second-order valence-electron chi connectivity index (χ2n) is 5.03. The molecule has 22 heavy (non-hydrogen) atoms. The van der Waals surface area contributed by atoms with Gasteiger partial charge in [0, 0.05) is 5.75 Å². The molecule has 4 nitrogen and oxygen atoms in total. The molecule has 0 N–H and O–H groups in total. The van der Waals surface area contributed by atoms with Crippen molar-refractivity contribution in [1.82, 2.24) is 20.2 Å². The van der Waals surface area contributed by atoms with Crippen molar-refractivity contribution < 1.29 is 4.39 Å². The van der Waals surface area contributed by atoms with Gasteiger partial charge in [-0.05, 0) is 53.1 Å². The molecule has 2 aromatic carbocycles. The van der Waals surface area contributed by atoms with Crippen LogP contribution in [-0.2, 0) is 5.75 Å². The van der Waals surface area contributed by atoms with E-state index in [1.807, 2.05) is 38.1 Å². The summed E-state index contributed by atoms with van der Waals surface area (Å²) in [5.41, 5.74) is 4.12. The highest BCUT2D eigenvalue weighted by molar-refractivity contribution is 7.98. The first-order chi connectivity index (χ1) is 10.6. The molecule has 0 aliphatic heterocycles. The smallest absolute Gasteiger partial charge is 0.207 e. The van der Waals surface area contributed by atoms with Crippen LogP contribution >= 0.6 is 11.8 Å². The van der Waals surface area contributed by atoms with Gasteiger partial charge in [0.25, 0.3) is 0 Å². The predicted octanol–water partition coefficient (Wildman–Crippen LogP) is 3.71. The second kappa shape index (κ2) is 6.27. The number of hydrogen-bond donors (Lipinski definition) is 0. The van der Waals surface area contributed by atoms with Crippen LogP contribution in [0.1, 0.15) is 16.7 Å². The largest absolute Gasteiger partial charge is 0.214 e. The molecule has 0 radical (unpaired) electrons. The third-order valence-corrected chi connectivity index (χ3v) is 4.34. The van der Waals surface area contributed by atoms with E-state index in [9.17, 15) is 4.39 Å². The molecule has 0 atom stereocenters. The average molecular weight is 314 g/mol. The van der Waals surface area contributed by atoms with Crippen LogP contribution in [0, 0.1) is 19.7 Å². The number of nitrogens with zero attached hydrogens (tertiary/aromatic N) is 4. The fourth-order valence-electron chi connectivity index (χ4n) is 2.32. The average Bonchev–Trinajstić information content (AvgIpc) is 2.93. The lowest BCUT2D eigenvalue weighted by Crippen LogP contribution is -2.04. The van der Waals surface area contributed by atoms with E-state index in [0.29, 0.717) is 10.9 Å². The van der Waals surface area contributed by atoms with Gasteiger partial charge in [-0.25, -0.2) is 4.39 Å². The Bertz CT molecular complexity index is 780. The van der Waals surface area contributed by atoms with E-state index in [4.69, 9.17) is 0 Å². The van der Waals surface area contributed by atoms with Crippen molar-refractivity contribution in [3.05, 3.63) is 65.0 Å². The van der Waals surface area contributed by atoms with Crippen LogP contribution in [0.5, 0.6) is 0 Å². The quantitative estimate of drug-likeness (QED) is 0.689. The zero-order chi connectivity index (χ0) is 15.5. The SMILES string of the molecule is Cc1cccc(C)c1-n1nnnc1SCc1cccc(F)c1. The lowest BCUT2D eigenvalue weighted by molar-refractivity contribution is 0.626. The summed E-state index contributed by atoms with van der Waals surface area (Å²) in [5, 5.41) is 12.7. The first-order valence-electron chi connectivity index (χ1n) is 6.87. The van der Waals surface area contributed by atoms with E-state index >= 15 is 0 Å². The number of rotatable bonds is 4. The van der Waals surface area contributed by atoms with E-state index in [2.05, 4.69) is 15.5 Å². The summed E-state index contributed by atoms with van der Waals surface area (Å²) in [6, 6.07) is 12.6. The number of halogens is 1. The molecule has 1 heterocycles. The standard InChI is InChI=1S/C16H15FN4S/c1-11-5-3-6-12(2)15(11)21-16(18-19-20-21)22-10-13-7-4-8-14(17)9-13/h3-9H,10H2,1-2H3. The van der Waals surface area contributed by atoms with Crippen LogP contribution in [0.3, 0.4) is 0 Å². The lowest BCUT2D eigenvalue weighted by Gasteiger charge is -2.10. The Hall–Kier alpha value is -2.21. The molecule has 0 amide bonds. The maximum atomic E-state index is 13.2.